The summed E-state index contributed by atoms with van der Waals surface area (Å²) in [5.74, 6) is 0.579. The first-order valence-corrected chi connectivity index (χ1v) is 8.21. The highest BCUT2D eigenvalue weighted by Gasteiger charge is 2.16. The van der Waals surface area contributed by atoms with E-state index in [2.05, 4.69) is 15.0 Å². The maximum absolute atomic E-state index is 12.2. The molecule has 1 unspecified atom stereocenters. The van der Waals surface area contributed by atoms with Gasteiger partial charge in [-0.05, 0) is 33.5 Å². The third kappa shape index (κ3) is 5.07. The highest BCUT2D eigenvalue weighted by molar-refractivity contribution is 7.89. The van der Waals surface area contributed by atoms with E-state index in [9.17, 15) is 8.42 Å². The molecular formula is C13H24N4O2S. The van der Waals surface area contributed by atoms with Crippen LogP contribution in [0, 0.1) is 0 Å². The van der Waals surface area contributed by atoms with Crippen LogP contribution in [0.15, 0.2) is 23.2 Å². The van der Waals surface area contributed by atoms with Gasteiger partial charge in [0.25, 0.3) is 0 Å². The Morgan fingerprint density at radius 2 is 2.10 bits per heavy atom. The van der Waals surface area contributed by atoms with Crippen LogP contribution < -0.4 is 10.0 Å². The molecule has 0 fully saturated rings. The molecule has 7 heteroatoms. The minimum absolute atomic E-state index is 0.129. The van der Waals surface area contributed by atoms with E-state index >= 15 is 0 Å². The van der Waals surface area contributed by atoms with Crippen molar-refractivity contribution in [3.05, 3.63) is 18.3 Å². The quantitative estimate of drug-likeness (QED) is 0.753. The summed E-state index contributed by atoms with van der Waals surface area (Å²) in [5, 5.41) is 3.08. The number of sulfonamides is 1. The number of aromatic nitrogens is 1. The summed E-state index contributed by atoms with van der Waals surface area (Å²) in [4.78, 5) is 6.30. The Labute approximate surface area is 121 Å². The summed E-state index contributed by atoms with van der Waals surface area (Å²) in [6.45, 7) is 5.14. The third-order valence-corrected chi connectivity index (χ3v) is 4.47. The molecule has 20 heavy (non-hydrogen) atoms. The molecule has 0 saturated heterocycles. The molecule has 114 valence electrons. The van der Waals surface area contributed by atoms with Gasteiger partial charge in [-0.1, -0.05) is 6.92 Å². The molecular weight excluding hydrogens is 276 g/mol. The second-order valence-electron chi connectivity index (χ2n) is 4.97. The van der Waals surface area contributed by atoms with Crippen LogP contribution in [0.25, 0.3) is 0 Å². The first kappa shape index (κ1) is 16.9. The van der Waals surface area contributed by atoms with E-state index in [1.54, 1.807) is 6.07 Å². The lowest BCUT2D eigenvalue weighted by Gasteiger charge is -2.20. The molecule has 2 N–H and O–H groups in total. The lowest BCUT2D eigenvalue weighted by Crippen LogP contribution is -2.38. The van der Waals surface area contributed by atoms with E-state index in [0.717, 1.165) is 13.0 Å². The van der Waals surface area contributed by atoms with Crippen molar-refractivity contribution in [2.24, 2.45) is 0 Å². The van der Waals surface area contributed by atoms with Crippen molar-refractivity contribution >= 4 is 15.8 Å². The SMILES string of the molecule is CCCNc1cc(S(=O)(=O)NCC(C)N(C)C)ccn1. The third-order valence-electron chi connectivity index (χ3n) is 3.05. The number of hydrogen-bond acceptors (Lipinski definition) is 5. The number of anilines is 1. The molecule has 0 bridgehead atoms. The van der Waals surface area contributed by atoms with Gasteiger partial charge in [0.2, 0.25) is 10.0 Å². The van der Waals surface area contributed by atoms with Crippen molar-refractivity contribution in [2.45, 2.75) is 31.2 Å². The Kier molecular flexibility index (Phi) is 6.38. The van der Waals surface area contributed by atoms with Gasteiger partial charge in [0.05, 0.1) is 4.90 Å². The van der Waals surface area contributed by atoms with Gasteiger partial charge in [0.1, 0.15) is 5.82 Å². The van der Waals surface area contributed by atoms with Gasteiger partial charge in [-0.15, -0.1) is 0 Å². The Hall–Kier alpha value is -1.18. The zero-order valence-corrected chi connectivity index (χ0v) is 13.4. The summed E-state index contributed by atoms with van der Waals surface area (Å²) in [7, 11) is 0.337. The van der Waals surface area contributed by atoms with Crippen LogP contribution in [-0.4, -0.2) is 51.5 Å². The normalized spacial score (nSPS) is 13.4. The van der Waals surface area contributed by atoms with Gasteiger partial charge >= 0.3 is 0 Å². The van der Waals surface area contributed by atoms with Crippen molar-refractivity contribution < 1.29 is 8.42 Å². The van der Waals surface area contributed by atoms with Gasteiger partial charge < -0.3 is 10.2 Å². The molecule has 0 saturated carbocycles. The highest BCUT2D eigenvalue weighted by Crippen LogP contribution is 2.12. The zero-order chi connectivity index (χ0) is 15.2. The van der Waals surface area contributed by atoms with Gasteiger partial charge in [-0.2, -0.15) is 0 Å². The molecule has 0 radical (unpaired) electrons. The minimum Gasteiger partial charge on any atom is -0.370 e. The Morgan fingerprint density at radius 1 is 1.40 bits per heavy atom. The van der Waals surface area contributed by atoms with Crippen LogP contribution in [0.1, 0.15) is 20.3 Å². The van der Waals surface area contributed by atoms with E-state index in [4.69, 9.17) is 0 Å². The van der Waals surface area contributed by atoms with Crippen LogP contribution in [0.4, 0.5) is 5.82 Å². The van der Waals surface area contributed by atoms with E-state index in [-0.39, 0.29) is 10.9 Å². The molecule has 1 heterocycles. The average molecular weight is 300 g/mol. The lowest BCUT2D eigenvalue weighted by molar-refractivity contribution is 0.314. The van der Waals surface area contributed by atoms with E-state index in [1.807, 2.05) is 32.8 Å². The number of likely N-dealkylation sites (N-methyl/N-ethyl adjacent to an activating group) is 1. The summed E-state index contributed by atoms with van der Waals surface area (Å²) < 4.78 is 27.0. The standard InChI is InChI=1S/C13H24N4O2S/c1-5-7-14-13-9-12(6-8-15-13)20(18,19)16-10-11(2)17(3)4/h6,8-9,11,16H,5,7,10H2,1-4H3,(H,14,15). The molecule has 1 rings (SSSR count). The van der Waals surface area contributed by atoms with Crippen LogP contribution >= 0.6 is 0 Å². The van der Waals surface area contributed by atoms with Crippen molar-refractivity contribution in [3.63, 3.8) is 0 Å². The molecule has 0 amide bonds. The summed E-state index contributed by atoms with van der Waals surface area (Å²) in [6, 6.07) is 3.18. The highest BCUT2D eigenvalue weighted by atomic mass is 32.2. The second kappa shape index (κ2) is 7.56. The average Bonchev–Trinajstić information content (AvgIpc) is 2.42. The van der Waals surface area contributed by atoms with Crippen molar-refractivity contribution in [1.29, 1.82) is 0 Å². The minimum atomic E-state index is -3.49. The number of nitrogens with zero attached hydrogens (tertiary/aromatic N) is 2. The fraction of sp³-hybridized carbons (Fsp3) is 0.615. The second-order valence-corrected chi connectivity index (χ2v) is 6.74. The zero-order valence-electron chi connectivity index (χ0n) is 12.5. The summed E-state index contributed by atoms with van der Waals surface area (Å²) in [5.41, 5.74) is 0. The maximum Gasteiger partial charge on any atom is 0.240 e. The van der Waals surface area contributed by atoms with E-state index < -0.39 is 10.0 Å². The number of hydrogen-bond donors (Lipinski definition) is 2. The first-order valence-electron chi connectivity index (χ1n) is 6.73. The molecule has 6 nitrogen and oxygen atoms in total. The number of pyridine rings is 1. The largest absolute Gasteiger partial charge is 0.370 e. The van der Waals surface area contributed by atoms with Crippen molar-refractivity contribution in [1.82, 2.24) is 14.6 Å². The molecule has 0 spiro atoms. The Morgan fingerprint density at radius 3 is 2.70 bits per heavy atom. The first-order chi connectivity index (χ1) is 9.36. The van der Waals surface area contributed by atoms with Crippen LogP contribution in [0.2, 0.25) is 0 Å². The van der Waals surface area contributed by atoms with Crippen LogP contribution in [0.3, 0.4) is 0 Å². The van der Waals surface area contributed by atoms with Gasteiger partial charge in [-0.25, -0.2) is 18.1 Å². The summed E-state index contributed by atoms with van der Waals surface area (Å²) in [6.07, 6.45) is 2.46. The van der Waals surface area contributed by atoms with Crippen LogP contribution in [-0.2, 0) is 10.0 Å². The Balaban J connectivity index is 2.76. The van der Waals surface area contributed by atoms with Gasteiger partial charge in [0.15, 0.2) is 0 Å². The maximum atomic E-state index is 12.2. The molecule has 0 aromatic carbocycles. The fourth-order valence-corrected chi connectivity index (χ4v) is 2.56. The summed E-state index contributed by atoms with van der Waals surface area (Å²) >= 11 is 0. The molecule has 0 aliphatic heterocycles. The van der Waals surface area contributed by atoms with E-state index in [0.29, 0.717) is 12.4 Å². The smallest absolute Gasteiger partial charge is 0.240 e. The molecule has 0 aliphatic carbocycles. The Bertz CT molecular complexity index is 517. The van der Waals surface area contributed by atoms with Crippen molar-refractivity contribution in [3.8, 4) is 0 Å². The van der Waals surface area contributed by atoms with Gasteiger partial charge in [-0.3, -0.25) is 0 Å². The fourth-order valence-electron chi connectivity index (χ4n) is 1.42. The molecule has 1 aromatic heterocycles. The molecule has 1 atom stereocenters. The monoisotopic (exact) mass is 300 g/mol. The van der Waals surface area contributed by atoms with E-state index in [1.165, 1.54) is 12.3 Å². The predicted octanol–water partition coefficient (Wildman–Crippen LogP) is 1.13. The molecule has 1 aromatic rings. The number of rotatable bonds is 8. The van der Waals surface area contributed by atoms with Crippen molar-refractivity contribution in [2.75, 3.05) is 32.5 Å². The van der Waals surface area contributed by atoms with Crippen LogP contribution in [0.5, 0.6) is 0 Å². The van der Waals surface area contributed by atoms with Gasteiger partial charge in [0, 0.05) is 31.4 Å². The molecule has 0 aliphatic rings. The topological polar surface area (TPSA) is 74.3 Å². The lowest BCUT2D eigenvalue weighted by atomic mass is 10.3. The number of nitrogens with one attached hydrogen (secondary N) is 2. The predicted molar refractivity (Wildman–Crippen MR) is 81.4 cm³/mol.